The number of hydrogen-bond acceptors (Lipinski definition) is 4. The van der Waals surface area contributed by atoms with Gasteiger partial charge >= 0.3 is 0 Å². The molecule has 1 atom stereocenters. The van der Waals surface area contributed by atoms with Gasteiger partial charge in [-0.05, 0) is 44.1 Å². The van der Waals surface area contributed by atoms with Gasteiger partial charge < -0.3 is 20.3 Å². The molecule has 1 aromatic rings. The van der Waals surface area contributed by atoms with Gasteiger partial charge in [0, 0.05) is 26.2 Å². The molecule has 0 aliphatic carbocycles. The van der Waals surface area contributed by atoms with Crippen molar-refractivity contribution in [1.82, 2.24) is 9.80 Å². The monoisotopic (exact) mass is 291 g/mol. The van der Waals surface area contributed by atoms with E-state index in [2.05, 4.69) is 11.9 Å². The van der Waals surface area contributed by atoms with Crippen LogP contribution in [0, 0.1) is 0 Å². The lowest BCUT2D eigenvalue weighted by molar-refractivity contribution is -0.132. The highest BCUT2D eigenvalue weighted by molar-refractivity contribution is 5.77. The van der Waals surface area contributed by atoms with Crippen LogP contribution in [0.4, 0.5) is 0 Å². The van der Waals surface area contributed by atoms with E-state index >= 15 is 0 Å². The number of ether oxygens (including phenoxy) is 1. The molecule has 2 rings (SSSR count). The van der Waals surface area contributed by atoms with Gasteiger partial charge in [-0.1, -0.05) is 12.1 Å². The summed E-state index contributed by atoms with van der Waals surface area (Å²) in [6.07, 6.45) is 2.38. The third-order valence-corrected chi connectivity index (χ3v) is 4.10. The molecule has 1 unspecified atom stereocenters. The van der Waals surface area contributed by atoms with Crippen LogP contribution >= 0.6 is 0 Å². The summed E-state index contributed by atoms with van der Waals surface area (Å²) in [6.45, 7) is 2.48. The first-order valence-corrected chi connectivity index (χ1v) is 7.46. The Balaban J connectivity index is 1.77. The number of rotatable bonds is 6. The first-order chi connectivity index (χ1) is 10.1. The number of carbonyl (C=O) groups excluding carboxylic acids is 1. The van der Waals surface area contributed by atoms with Crippen molar-refractivity contribution in [3.8, 4) is 5.75 Å². The summed E-state index contributed by atoms with van der Waals surface area (Å²) < 4.78 is 5.53. The Morgan fingerprint density at radius 1 is 1.43 bits per heavy atom. The predicted octanol–water partition coefficient (Wildman–Crippen LogP) is 1.08. The fourth-order valence-corrected chi connectivity index (χ4v) is 2.60. The Morgan fingerprint density at radius 2 is 2.14 bits per heavy atom. The van der Waals surface area contributed by atoms with E-state index in [1.807, 2.05) is 31.3 Å². The van der Waals surface area contributed by atoms with Crippen molar-refractivity contribution in [2.75, 3.05) is 33.8 Å². The second-order valence-electron chi connectivity index (χ2n) is 5.69. The molecule has 5 nitrogen and oxygen atoms in total. The minimum absolute atomic E-state index is 0.0122. The van der Waals surface area contributed by atoms with Crippen LogP contribution in [-0.4, -0.2) is 55.5 Å². The summed E-state index contributed by atoms with van der Waals surface area (Å²) in [5.41, 5.74) is 6.60. The summed E-state index contributed by atoms with van der Waals surface area (Å²) in [5, 5.41) is 0. The lowest BCUT2D eigenvalue weighted by atomic mass is 10.2. The summed E-state index contributed by atoms with van der Waals surface area (Å²) in [6, 6.07) is 8.00. The van der Waals surface area contributed by atoms with Crippen LogP contribution in [0.5, 0.6) is 5.75 Å². The zero-order valence-corrected chi connectivity index (χ0v) is 12.9. The van der Waals surface area contributed by atoms with Crippen molar-refractivity contribution in [3.05, 3.63) is 29.8 Å². The first-order valence-electron chi connectivity index (χ1n) is 7.46. The van der Waals surface area contributed by atoms with Gasteiger partial charge in [0.2, 0.25) is 0 Å². The van der Waals surface area contributed by atoms with Crippen LogP contribution in [0.3, 0.4) is 0 Å². The molecular formula is C16H25N3O2. The molecule has 0 saturated carbocycles. The highest BCUT2D eigenvalue weighted by Crippen LogP contribution is 2.16. The average molecular weight is 291 g/mol. The van der Waals surface area contributed by atoms with Crippen LogP contribution in [0.2, 0.25) is 0 Å². The Kier molecular flexibility index (Phi) is 5.59. The standard InChI is InChI=1S/C16H25N3O2/c1-18-9-3-4-14(18)11-19(2)16(20)12-21-15-7-5-13(10-17)6-8-15/h5-8,14H,3-4,9-12,17H2,1-2H3. The molecule has 0 spiro atoms. The van der Waals surface area contributed by atoms with E-state index < -0.39 is 0 Å². The molecule has 1 aromatic carbocycles. The van der Waals surface area contributed by atoms with Crippen LogP contribution in [0.25, 0.3) is 0 Å². The molecule has 2 N–H and O–H groups in total. The molecule has 0 aromatic heterocycles. The maximum absolute atomic E-state index is 12.1. The van der Waals surface area contributed by atoms with Crippen molar-refractivity contribution in [1.29, 1.82) is 0 Å². The molecule has 1 heterocycles. The molecule has 1 fully saturated rings. The molecular weight excluding hydrogens is 266 g/mol. The fraction of sp³-hybridized carbons (Fsp3) is 0.562. The third-order valence-electron chi connectivity index (χ3n) is 4.10. The number of nitrogens with zero attached hydrogens (tertiary/aromatic N) is 2. The van der Waals surface area contributed by atoms with E-state index in [4.69, 9.17) is 10.5 Å². The minimum Gasteiger partial charge on any atom is -0.484 e. The fourth-order valence-electron chi connectivity index (χ4n) is 2.60. The van der Waals surface area contributed by atoms with Gasteiger partial charge in [0.05, 0.1) is 0 Å². The Labute approximate surface area is 126 Å². The molecule has 1 saturated heterocycles. The van der Waals surface area contributed by atoms with Crippen molar-refractivity contribution >= 4 is 5.91 Å². The molecule has 116 valence electrons. The summed E-state index contributed by atoms with van der Waals surface area (Å²) in [5.74, 6) is 0.713. The maximum Gasteiger partial charge on any atom is 0.260 e. The van der Waals surface area contributed by atoms with E-state index in [-0.39, 0.29) is 12.5 Å². The van der Waals surface area contributed by atoms with Crippen molar-refractivity contribution in [3.63, 3.8) is 0 Å². The van der Waals surface area contributed by atoms with Gasteiger partial charge in [-0.3, -0.25) is 4.79 Å². The normalized spacial score (nSPS) is 18.7. The second-order valence-corrected chi connectivity index (χ2v) is 5.69. The lowest BCUT2D eigenvalue weighted by Crippen LogP contribution is -2.41. The molecule has 1 aliphatic heterocycles. The summed E-state index contributed by atoms with van der Waals surface area (Å²) in [4.78, 5) is 16.2. The Morgan fingerprint density at radius 3 is 2.71 bits per heavy atom. The van der Waals surface area contributed by atoms with Gasteiger partial charge in [-0.15, -0.1) is 0 Å². The minimum atomic E-state index is 0.0122. The zero-order valence-electron chi connectivity index (χ0n) is 12.9. The Hall–Kier alpha value is -1.59. The SMILES string of the molecule is CN(CC1CCCN1C)C(=O)COc1ccc(CN)cc1. The average Bonchev–Trinajstić information content (AvgIpc) is 2.90. The number of carbonyl (C=O) groups is 1. The van der Waals surface area contributed by atoms with Crippen LogP contribution in [0.15, 0.2) is 24.3 Å². The highest BCUT2D eigenvalue weighted by Gasteiger charge is 2.23. The quantitative estimate of drug-likeness (QED) is 0.852. The third kappa shape index (κ3) is 4.44. The molecule has 1 aliphatic rings. The topological polar surface area (TPSA) is 58.8 Å². The zero-order chi connectivity index (χ0) is 15.2. The second kappa shape index (κ2) is 7.43. The van der Waals surface area contributed by atoms with E-state index in [1.54, 1.807) is 4.90 Å². The van der Waals surface area contributed by atoms with Gasteiger partial charge in [-0.2, -0.15) is 0 Å². The van der Waals surface area contributed by atoms with E-state index in [1.165, 1.54) is 6.42 Å². The van der Waals surface area contributed by atoms with Gasteiger partial charge in [0.25, 0.3) is 5.91 Å². The van der Waals surface area contributed by atoms with E-state index in [9.17, 15) is 4.79 Å². The first kappa shape index (κ1) is 15.8. The summed E-state index contributed by atoms with van der Waals surface area (Å²) in [7, 11) is 3.96. The lowest BCUT2D eigenvalue weighted by Gasteiger charge is -2.25. The van der Waals surface area contributed by atoms with Crippen LogP contribution in [0.1, 0.15) is 18.4 Å². The molecule has 1 amide bonds. The highest BCUT2D eigenvalue weighted by atomic mass is 16.5. The van der Waals surface area contributed by atoms with Gasteiger partial charge in [0.15, 0.2) is 6.61 Å². The number of likely N-dealkylation sites (tertiary alicyclic amines) is 1. The predicted molar refractivity (Wildman–Crippen MR) is 83.1 cm³/mol. The molecule has 5 heteroatoms. The summed E-state index contributed by atoms with van der Waals surface area (Å²) >= 11 is 0. The molecule has 21 heavy (non-hydrogen) atoms. The smallest absolute Gasteiger partial charge is 0.260 e. The molecule has 0 bridgehead atoms. The number of nitrogens with two attached hydrogens (primary N) is 1. The van der Waals surface area contributed by atoms with E-state index in [0.29, 0.717) is 18.3 Å². The van der Waals surface area contributed by atoms with Crippen LogP contribution < -0.4 is 10.5 Å². The maximum atomic E-state index is 12.1. The number of benzene rings is 1. The van der Waals surface area contributed by atoms with Gasteiger partial charge in [0.1, 0.15) is 5.75 Å². The van der Waals surface area contributed by atoms with Crippen molar-refractivity contribution in [2.45, 2.75) is 25.4 Å². The van der Waals surface area contributed by atoms with Crippen LogP contribution in [-0.2, 0) is 11.3 Å². The molecule has 0 radical (unpaired) electrons. The Bertz CT molecular complexity index is 461. The number of hydrogen-bond donors (Lipinski definition) is 1. The number of likely N-dealkylation sites (N-methyl/N-ethyl adjacent to an activating group) is 2. The van der Waals surface area contributed by atoms with E-state index in [0.717, 1.165) is 25.1 Å². The van der Waals surface area contributed by atoms with Crippen molar-refractivity contribution < 1.29 is 9.53 Å². The van der Waals surface area contributed by atoms with Crippen molar-refractivity contribution in [2.24, 2.45) is 5.73 Å². The largest absolute Gasteiger partial charge is 0.484 e. The van der Waals surface area contributed by atoms with Gasteiger partial charge in [-0.25, -0.2) is 0 Å². The number of amides is 1.